The van der Waals surface area contributed by atoms with Crippen LogP contribution in [-0.4, -0.2) is 73.8 Å². The Kier molecular flexibility index (Phi) is 16.8. The lowest BCUT2D eigenvalue weighted by atomic mass is 10.1. The zero-order valence-electron chi connectivity index (χ0n) is 24.3. The second kappa shape index (κ2) is 19.2. The van der Waals surface area contributed by atoms with Crippen molar-refractivity contribution in [2.45, 2.75) is 110 Å². The van der Waals surface area contributed by atoms with Crippen LogP contribution in [0, 0.1) is 0 Å². The standard InChI is InChI=1S/C30H54N6.2ClH/c1-2-3-4-5-6-7-8-9-10-11-12-13-18-33-23-25-35(26-24-33)29-27-28(34-19-14-15-20-34)31-30(32-29)36-21-16-17-22-36;;/h27H,2-26H2,1H3;2*1H. The van der Waals surface area contributed by atoms with Crippen LogP contribution in [-0.2, 0) is 0 Å². The minimum Gasteiger partial charge on any atom is -0.356 e. The highest BCUT2D eigenvalue weighted by atomic mass is 35.5. The first-order valence-electron chi connectivity index (χ1n) is 15.7. The van der Waals surface area contributed by atoms with Crippen LogP contribution < -0.4 is 14.7 Å². The van der Waals surface area contributed by atoms with Crippen LogP contribution in [0.2, 0.25) is 0 Å². The van der Waals surface area contributed by atoms with Gasteiger partial charge in [-0.2, -0.15) is 9.97 Å². The molecule has 0 spiro atoms. The summed E-state index contributed by atoms with van der Waals surface area (Å²) in [5.41, 5.74) is 0. The van der Waals surface area contributed by atoms with E-state index in [1.165, 1.54) is 122 Å². The van der Waals surface area contributed by atoms with Gasteiger partial charge in [0.1, 0.15) is 11.6 Å². The summed E-state index contributed by atoms with van der Waals surface area (Å²) >= 11 is 0. The summed E-state index contributed by atoms with van der Waals surface area (Å²) in [5.74, 6) is 3.27. The topological polar surface area (TPSA) is 38.7 Å². The van der Waals surface area contributed by atoms with E-state index in [4.69, 9.17) is 9.97 Å². The molecular weight excluding hydrogens is 515 g/mol. The molecule has 0 N–H and O–H groups in total. The summed E-state index contributed by atoms with van der Waals surface area (Å²) in [6, 6.07) is 2.27. The molecule has 38 heavy (non-hydrogen) atoms. The third kappa shape index (κ3) is 10.9. The fourth-order valence-corrected chi connectivity index (χ4v) is 6.12. The lowest BCUT2D eigenvalue weighted by molar-refractivity contribution is 0.251. The average molecular weight is 572 g/mol. The molecule has 1 aromatic heterocycles. The van der Waals surface area contributed by atoms with Crippen LogP contribution in [0.1, 0.15) is 110 Å². The van der Waals surface area contributed by atoms with E-state index in [0.717, 1.165) is 56.9 Å². The first-order valence-corrected chi connectivity index (χ1v) is 15.7. The van der Waals surface area contributed by atoms with E-state index in [9.17, 15) is 0 Å². The zero-order valence-corrected chi connectivity index (χ0v) is 25.9. The molecule has 8 heteroatoms. The molecule has 0 atom stereocenters. The largest absolute Gasteiger partial charge is 0.356 e. The first-order chi connectivity index (χ1) is 17.8. The lowest BCUT2D eigenvalue weighted by Gasteiger charge is -2.36. The van der Waals surface area contributed by atoms with Crippen LogP contribution in [0.5, 0.6) is 0 Å². The number of hydrogen-bond acceptors (Lipinski definition) is 6. The first kappa shape index (κ1) is 33.2. The van der Waals surface area contributed by atoms with Gasteiger partial charge in [-0.25, -0.2) is 0 Å². The van der Waals surface area contributed by atoms with Gasteiger partial charge in [0.15, 0.2) is 0 Å². The number of piperazine rings is 1. The molecule has 0 aliphatic carbocycles. The summed E-state index contributed by atoms with van der Waals surface area (Å²) < 4.78 is 0. The van der Waals surface area contributed by atoms with E-state index in [2.05, 4.69) is 32.6 Å². The van der Waals surface area contributed by atoms with E-state index in [0.29, 0.717) is 0 Å². The second-order valence-electron chi connectivity index (χ2n) is 11.5. The SMILES string of the molecule is CCCCCCCCCCCCCCN1CCN(c2cc(N3CCCC3)nc(N3CCCC3)n2)CC1.Cl.Cl. The second-order valence-corrected chi connectivity index (χ2v) is 11.5. The number of nitrogens with zero attached hydrogens (tertiary/aromatic N) is 6. The zero-order chi connectivity index (χ0) is 24.8. The molecule has 0 amide bonds. The maximum atomic E-state index is 5.07. The molecule has 1 aromatic rings. The third-order valence-corrected chi connectivity index (χ3v) is 8.53. The molecule has 3 saturated heterocycles. The van der Waals surface area contributed by atoms with Crippen LogP contribution in [0.3, 0.4) is 0 Å². The highest BCUT2D eigenvalue weighted by Crippen LogP contribution is 2.28. The monoisotopic (exact) mass is 570 g/mol. The van der Waals surface area contributed by atoms with Crippen molar-refractivity contribution in [3.63, 3.8) is 0 Å². The van der Waals surface area contributed by atoms with Gasteiger partial charge in [-0.1, -0.05) is 77.6 Å². The minimum atomic E-state index is 0. The van der Waals surface area contributed by atoms with E-state index in [1.54, 1.807) is 0 Å². The smallest absolute Gasteiger partial charge is 0.229 e. The van der Waals surface area contributed by atoms with E-state index in [-0.39, 0.29) is 24.8 Å². The summed E-state index contributed by atoms with van der Waals surface area (Å²) in [4.78, 5) is 20.1. The van der Waals surface area contributed by atoms with Crippen molar-refractivity contribution in [2.75, 3.05) is 73.6 Å². The van der Waals surface area contributed by atoms with Crippen LogP contribution in [0.25, 0.3) is 0 Å². The fourth-order valence-electron chi connectivity index (χ4n) is 6.12. The van der Waals surface area contributed by atoms with E-state index in [1.807, 2.05) is 0 Å². The highest BCUT2D eigenvalue weighted by Gasteiger charge is 2.24. The Morgan fingerprint density at radius 1 is 0.526 bits per heavy atom. The maximum absolute atomic E-state index is 5.07. The molecule has 0 radical (unpaired) electrons. The molecule has 0 aromatic carbocycles. The van der Waals surface area contributed by atoms with Crippen molar-refractivity contribution in [1.82, 2.24) is 14.9 Å². The number of unbranched alkanes of at least 4 members (excludes halogenated alkanes) is 11. The Morgan fingerprint density at radius 2 is 0.947 bits per heavy atom. The molecule has 0 saturated carbocycles. The van der Waals surface area contributed by atoms with Crippen molar-refractivity contribution >= 4 is 42.4 Å². The molecule has 3 aliphatic heterocycles. The predicted octanol–water partition coefficient (Wildman–Crippen LogP) is 7.34. The summed E-state index contributed by atoms with van der Waals surface area (Å²) in [6.45, 7) is 12.6. The fraction of sp³-hybridized carbons (Fsp3) is 0.867. The molecule has 0 bridgehead atoms. The molecule has 6 nitrogen and oxygen atoms in total. The van der Waals surface area contributed by atoms with Crippen LogP contribution in [0.15, 0.2) is 6.07 Å². The van der Waals surface area contributed by atoms with Crippen LogP contribution >= 0.6 is 24.8 Å². The summed E-state index contributed by atoms with van der Waals surface area (Å²) in [6.07, 6.45) is 22.3. The van der Waals surface area contributed by atoms with Gasteiger partial charge in [0.2, 0.25) is 5.95 Å². The van der Waals surface area contributed by atoms with Crippen LogP contribution in [0.4, 0.5) is 17.6 Å². The minimum absolute atomic E-state index is 0. The van der Waals surface area contributed by atoms with Crippen molar-refractivity contribution in [2.24, 2.45) is 0 Å². The third-order valence-electron chi connectivity index (χ3n) is 8.53. The van der Waals surface area contributed by atoms with Gasteiger partial charge < -0.3 is 14.7 Å². The van der Waals surface area contributed by atoms with Crippen molar-refractivity contribution in [3.8, 4) is 0 Å². The molecule has 4 rings (SSSR count). The van der Waals surface area contributed by atoms with Gasteiger partial charge in [-0.05, 0) is 38.6 Å². The van der Waals surface area contributed by atoms with Gasteiger partial charge in [-0.3, -0.25) is 4.90 Å². The molecule has 3 fully saturated rings. The van der Waals surface area contributed by atoms with Crippen molar-refractivity contribution in [1.29, 1.82) is 0 Å². The quantitative estimate of drug-likeness (QED) is 0.193. The van der Waals surface area contributed by atoms with Crippen molar-refractivity contribution < 1.29 is 0 Å². The van der Waals surface area contributed by atoms with Gasteiger partial charge in [0.25, 0.3) is 0 Å². The number of rotatable bonds is 16. The van der Waals surface area contributed by atoms with E-state index < -0.39 is 0 Å². The Balaban J connectivity index is 0.00000253. The summed E-state index contributed by atoms with van der Waals surface area (Å²) in [7, 11) is 0. The molecular formula is C30H56Cl2N6. The molecule has 220 valence electrons. The summed E-state index contributed by atoms with van der Waals surface area (Å²) in [5, 5.41) is 0. The van der Waals surface area contributed by atoms with Crippen molar-refractivity contribution in [3.05, 3.63) is 6.07 Å². The lowest BCUT2D eigenvalue weighted by Crippen LogP contribution is -2.47. The Bertz CT molecular complexity index is 697. The normalized spacial score (nSPS) is 18.1. The number of hydrogen-bond donors (Lipinski definition) is 0. The molecule has 0 unspecified atom stereocenters. The molecule has 4 heterocycles. The van der Waals surface area contributed by atoms with Gasteiger partial charge in [0, 0.05) is 58.4 Å². The number of halogens is 2. The van der Waals surface area contributed by atoms with Gasteiger partial charge in [-0.15, -0.1) is 24.8 Å². The van der Waals surface area contributed by atoms with E-state index >= 15 is 0 Å². The Hall–Kier alpha value is -0.980. The Morgan fingerprint density at radius 3 is 1.45 bits per heavy atom. The maximum Gasteiger partial charge on any atom is 0.229 e. The number of anilines is 3. The molecule has 3 aliphatic rings. The predicted molar refractivity (Wildman–Crippen MR) is 169 cm³/mol. The Labute approximate surface area is 246 Å². The number of aromatic nitrogens is 2. The van der Waals surface area contributed by atoms with Gasteiger partial charge >= 0.3 is 0 Å². The van der Waals surface area contributed by atoms with Gasteiger partial charge in [0.05, 0.1) is 0 Å². The highest BCUT2D eigenvalue weighted by molar-refractivity contribution is 5.85. The average Bonchev–Trinajstić information content (AvgIpc) is 3.65.